The number of aromatic nitrogens is 4. The lowest BCUT2D eigenvalue weighted by Gasteiger charge is -1.99. The van der Waals surface area contributed by atoms with Crippen LogP contribution in [-0.2, 0) is 0 Å². The smallest absolute Gasteiger partial charge is 0.251 e. The third-order valence-corrected chi connectivity index (χ3v) is 1.87. The van der Waals surface area contributed by atoms with Crippen LogP contribution in [0.2, 0.25) is 0 Å². The molecule has 0 unspecified atom stereocenters. The molecular formula is C9H6N6O. The van der Waals surface area contributed by atoms with Gasteiger partial charge in [-0.1, -0.05) is 0 Å². The molecule has 1 amide bonds. The van der Waals surface area contributed by atoms with Crippen LogP contribution in [0, 0.1) is 11.3 Å². The quantitative estimate of drug-likeness (QED) is 0.733. The molecule has 2 N–H and O–H groups in total. The number of nitrogens with two attached hydrogens (primary N) is 1. The summed E-state index contributed by atoms with van der Waals surface area (Å²) < 4.78 is 1.28. The number of hydrogen-bond acceptors (Lipinski definition) is 5. The monoisotopic (exact) mass is 214 g/mol. The number of carbonyl (C=O) groups excluding carboxylic acids is 1. The Morgan fingerprint density at radius 3 is 2.81 bits per heavy atom. The van der Waals surface area contributed by atoms with Crippen LogP contribution >= 0.6 is 0 Å². The molecule has 2 rings (SSSR count). The summed E-state index contributed by atoms with van der Waals surface area (Å²) in [4.78, 5) is 18.7. The highest BCUT2D eigenvalue weighted by Gasteiger charge is 2.10. The van der Waals surface area contributed by atoms with Crippen molar-refractivity contribution in [2.24, 2.45) is 5.73 Å². The zero-order valence-electron chi connectivity index (χ0n) is 8.03. The summed E-state index contributed by atoms with van der Waals surface area (Å²) in [5.41, 5.74) is 5.45. The highest BCUT2D eigenvalue weighted by molar-refractivity contribution is 5.92. The molecule has 7 nitrogen and oxygen atoms in total. The summed E-state index contributed by atoms with van der Waals surface area (Å²) in [7, 11) is 0. The largest absolute Gasteiger partial charge is 0.366 e. The minimum atomic E-state index is -0.589. The minimum absolute atomic E-state index is 0.127. The fourth-order valence-electron chi connectivity index (χ4n) is 1.14. The van der Waals surface area contributed by atoms with Crippen molar-refractivity contribution >= 4 is 5.91 Å². The number of nitrogens with zero attached hydrogens (tertiary/aromatic N) is 5. The van der Waals surface area contributed by atoms with Crippen LogP contribution in [-0.4, -0.2) is 25.7 Å². The van der Waals surface area contributed by atoms with Gasteiger partial charge >= 0.3 is 0 Å². The van der Waals surface area contributed by atoms with E-state index >= 15 is 0 Å². The van der Waals surface area contributed by atoms with Gasteiger partial charge in [-0.25, -0.2) is 14.6 Å². The predicted molar refractivity (Wildman–Crippen MR) is 52.4 cm³/mol. The summed E-state index contributed by atoms with van der Waals surface area (Å²) in [6.45, 7) is 0. The lowest BCUT2D eigenvalue weighted by atomic mass is 10.3. The summed E-state index contributed by atoms with van der Waals surface area (Å²) >= 11 is 0. The molecule has 0 fully saturated rings. The van der Waals surface area contributed by atoms with Gasteiger partial charge in [-0.05, 0) is 0 Å². The molecular weight excluding hydrogens is 208 g/mol. The van der Waals surface area contributed by atoms with Crippen LogP contribution in [0.25, 0.3) is 5.82 Å². The standard InChI is InChI=1S/C9H6N6O/c10-3-7-9(13-2-1-12-7)15-5-6(4-14-15)8(11)16/h1-2,4-5H,(H2,11,16). The lowest BCUT2D eigenvalue weighted by molar-refractivity contribution is 0.100. The zero-order chi connectivity index (χ0) is 11.5. The third kappa shape index (κ3) is 1.59. The fourth-order valence-corrected chi connectivity index (χ4v) is 1.14. The van der Waals surface area contributed by atoms with Crippen LogP contribution < -0.4 is 5.73 Å². The molecule has 2 aromatic rings. The van der Waals surface area contributed by atoms with Crippen LogP contribution in [0.3, 0.4) is 0 Å². The average molecular weight is 214 g/mol. The van der Waals surface area contributed by atoms with Crippen LogP contribution in [0.1, 0.15) is 16.1 Å². The first-order valence-corrected chi connectivity index (χ1v) is 4.28. The molecule has 0 saturated carbocycles. The first-order valence-electron chi connectivity index (χ1n) is 4.28. The third-order valence-electron chi connectivity index (χ3n) is 1.87. The highest BCUT2D eigenvalue weighted by atomic mass is 16.1. The Hall–Kier alpha value is -2.75. The second-order valence-electron chi connectivity index (χ2n) is 2.88. The van der Waals surface area contributed by atoms with Crippen molar-refractivity contribution < 1.29 is 4.79 Å². The summed E-state index contributed by atoms with van der Waals surface area (Å²) in [6.07, 6.45) is 5.54. The van der Waals surface area contributed by atoms with Crippen molar-refractivity contribution in [1.29, 1.82) is 5.26 Å². The number of hydrogen-bond donors (Lipinski definition) is 1. The SMILES string of the molecule is N#Cc1nccnc1-n1cc(C(N)=O)cn1. The van der Waals surface area contributed by atoms with Crippen molar-refractivity contribution in [2.45, 2.75) is 0 Å². The molecule has 0 aliphatic heterocycles. The molecule has 16 heavy (non-hydrogen) atoms. The number of rotatable bonds is 2. The van der Waals surface area contributed by atoms with Gasteiger partial charge in [0.15, 0.2) is 11.5 Å². The predicted octanol–water partition coefficient (Wildman–Crippen LogP) is -0.367. The van der Waals surface area contributed by atoms with Crippen molar-refractivity contribution in [3.8, 4) is 11.9 Å². The highest BCUT2D eigenvalue weighted by Crippen LogP contribution is 2.07. The maximum atomic E-state index is 10.9. The number of primary amides is 1. The fraction of sp³-hybridized carbons (Fsp3) is 0. The van der Waals surface area contributed by atoms with Gasteiger partial charge in [-0.15, -0.1) is 0 Å². The van der Waals surface area contributed by atoms with Crippen molar-refractivity contribution in [3.05, 3.63) is 36.0 Å². The van der Waals surface area contributed by atoms with E-state index in [1.165, 1.54) is 29.5 Å². The van der Waals surface area contributed by atoms with E-state index in [-0.39, 0.29) is 17.1 Å². The first-order chi connectivity index (χ1) is 7.72. The molecule has 2 aromatic heterocycles. The van der Waals surface area contributed by atoms with Crippen molar-refractivity contribution in [1.82, 2.24) is 19.7 Å². The molecule has 2 heterocycles. The normalized spacial score (nSPS) is 9.69. The maximum Gasteiger partial charge on any atom is 0.251 e. The Morgan fingerprint density at radius 1 is 1.44 bits per heavy atom. The molecule has 0 spiro atoms. The van der Waals surface area contributed by atoms with E-state index < -0.39 is 5.91 Å². The molecule has 0 atom stereocenters. The van der Waals surface area contributed by atoms with Gasteiger partial charge in [0.2, 0.25) is 0 Å². The van der Waals surface area contributed by atoms with E-state index in [4.69, 9.17) is 11.0 Å². The summed E-state index contributed by atoms with van der Waals surface area (Å²) in [5, 5.41) is 12.7. The van der Waals surface area contributed by atoms with Gasteiger partial charge in [0.1, 0.15) is 6.07 Å². The molecule has 0 saturated heterocycles. The van der Waals surface area contributed by atoms with Gasteiger partial charge in [-0.3, -0.25) is 4.79 Å². The maximum absolute atomic E-state index is 10.9. The van der Waals surface area contributed by atoms with Crippen molar-refractivity contribution in [3.63, 3.8) is 0 Å². The Labute approximate surface area is 90.2 Å². The Bertz CT molecular complexity index is 582. The van der Waals surface area contributed by atoms with Crippen LogP contribution in [0.5, 0.6) is 0 Å². The topological polar surface area (TPSA) is 110 Å². The van der Waals surface area contributed by atoms with Gasteiger partial charge < -0.3 is 5.73 Å². The van der Waals surface area contributed by atoms with E-state index in [2.05, 4.69) is 15.1 Å². The Balaban J connectivity index is 2.51. The number of amides is 1. The van der Waals surface area contributed by atoms with E-state index in [1.54, 1.807) is 0 Å². The Kier molecular flexibility index (Phi) is 2.31. The molecule has 0 bridgehead atoms. The number of nitriles is 1. The molecule has 0 aliphatic carbocycles. The van der Waals surface area contributed by atoms with Gasteiger partial charge in [-0.2, -0.15) is 10.4 Å². The van der Waals surface area contributed by atoms with E-state index in [0.29, 0.717) is 0 Å². The average Bonchev–Trinajstić information content (AvgIpc) is 2.78. The van der Waals surface area contributed by atoms with E-state index in [9.17, 15) is 4.79 Å². The van der Waals surface area contributed by atoms with Crippen LogP contribution in [0.4, 0.5) is 0 Å². The Morgan fingerprint density at radius 2 is 2.19 bits per heavy atom. The van der Waals surface area contributed by atoms with Crippen LogP contribution in [0.15, 0.2) is 24.8 Å². The molecule has 0 aliphatic rings. The van der Waals surface area contributed by atoms with Gasteiger partial charge in [0, 0.05) is 18.6 Å². The summed E-state index contributed by atoms with van der Waals surface area (Å²) in [6, 6.07) is 1.88. The molecule has 78 valence electrons. The van der Waals surface area contributed by atoms with Gasteiger partial charge in [0.25, 0.3) is 5.91 Å². The molecule has 7 heteroatoms. The molecule has 0 radical (unpaired) electrons. The lowest BCUT2D eigenvalue weighted by Crippen LogP contribution is -2.09. The zero-order valence-corrected chi connectivity index (χ0v) is 8.03. The van der Waals surface area contributed by atoms with Crippen molar-refractivity contribution in [2.75, 3.05) is 0 Å². The second-order valence-corrected chi connectivity index (χ2v) is 2.88. The van der Waals surface area contributed by atoms with E-state index in [0.717, 1.165) is 0 Å². The number of carbonyl (C=O) groups is 1. The van der Waals surface area contributed by atoms with Gasteiger partial charge in [0.05, 0.1) is 11.8 Å². The minimum Gasteiger partial charge on any atom is -0.366 e. The molecule has 0 aromatic carbocycles. The summed E-state index contributed by atoms with van der Waals surface area (Å²) in [5.74, 6) is -0.328. The second kappa shape index (κ2) is 3.78. The first kappa shape index (κ1) is 9.79. The van der Waals surface area contributed by atoms with E-state index in [1.807, 2.05) is 6.07 Å².